The number of carbonyl (C=O) groups is 1. The number of hydrogen-bond donors (Lipinski definition) is 3. The molecule has 3 N–H and O–H groups in total. The highest BCUT2D eigenvalue weighted by atomic mass is 32.2. The Bertz CT molecular complexity index is 570. The molecule has 6 nitrogen and oxygen atoms in total. The zero-order valence-corrected chi connectivity index (χ0v) is 12.8. The van der Waals surface area contributed by atoms with Crippen molar-refractivity contribution in [2.45, 2.75) is 18.7 Å². The molecule has 0 aliphatic carbocycles. The number of carbonyl (C=O) groups excluding carboxylic acids is 1. The Kier molecular flexibility index (Phi) is 6.12. The summed E-state index contributed by atoms with van der Waals surface area (Å²) in [6, 6.07) is 4.54. The molecule has 0 fully saturated rings. The van der Waals surface area contributed by atoms with Crippen molar-refractivity contribution in [3.8, 4) is 0 Å². The molecule has 0 saturated carbocycles. The molecule has 0 unspecified atom stereocenters. The van der Waals surface area contributed by atoms with Gasteiger partial charge in [-0.05, 0) is 31.7 Å². The number of sulfonamides is 1. The fourth-order valence-corrected chi connectivity index (χ4v) is 2.75. The van der Waals surface area contributed by atoms with Crippen LogP contribution in [0, 0.1) is 6.92 Å². The second-order valence-corrected chi connectivity index (χ2v) is 6.10. The van der Waals surface area contributed by atoms with Gasteiger partial charge in [-0.3, -0.25) is 4.79 Å². The molecule has 0 aliphatic rings. The van der Waals surface area contributed by atoms with Gasteiger partial charge in [0.2, 0.25) is 10.0 Å². The van der Waals surface area contributed by atoms with Gasteiger partial charge >= 0.3 is 0 Å². The number of rotatable bonds is 7. The lowest BCUT2D eigenvalue weighted by Crippen LogP contribution is -2.31. The predicted octanol–water partition coefficient (Wildman–Crippen LogP) is 0.242. The summed E-state index contributed by atoms with van der Waals surface area (Å²) in [5.74, 6) is -0.272. The van der Waals surface area contributed by atoms with E-state index in [9.17, 15) is 13.2 Å². The van der Waals surface area contributed by atoms with E-state index in [-0.39, 0.29) is 10.8 Å². The van der Waals surface area contributed by atoms with Crippen molar-refractivity contribution < 1.29 is 13.2 Å². The summed E-state index contributed by atoms with van der Waals surface area (Å²) in [6.07, 6.45) is 0. The lowest BCUT2D eigenvalue weighted by atomic mass is 10.1. The molecule has 1 amide bonds. The Balaban J connectivity index is 3.00. The molecule has 1 aromatic rings. The first-order chi connectivity index (χ1) is 9.42. The van der Waals surface area contributed by atoms with E-state index in [1.54, 1.807) is 27.0 Å². The number of amides is 1. The molecule has 1 rings (SSSR count). The summed E-state index contributed by atoms with van der Waals surface area (Å²) in [7, 11) is -1.76. The van der Waals surface area contributed by atoms with Crippen LogP contribution in [0.1, 0.15) is 22.8 Å². The van der Waals surface area contributed by atoms with Crippen molar-refractivity contribution in [3.63, 3.8) is 0 Å². The fourth-order valence-electron chi connectivity index (χ4n) is 1.68. The van der Waals surface area contributed by atoms with Crippen LogP contribution < -0.4 is 15.4 Å². The first-order valence-electron chi connectivity index (χ1n) is 6.45. The molecule has 0 radical (unpaired) electrons. The van der Waals surface area contributed by atoms with Gasteiger partial charge in [0, 0.05) is 25.2 Å². The van der Waals surface area contributed by atoms with E-state index < -0.39 is 10.0 Å². The average molecular weight is 299 g/mol. The normalized spacial score (nSPS) is 11.3. The van der Waals surface area contributed by atoms with Crippen LogP contribution in [0.15, 0.2) is 23.1 Å². The van der Waals surface area contributed by atoms with Crippen LogP contribution >= 0.6 is 0 Å². The van der Waals surface area contributed by atoms with Gasteiger partial charge in [-0.1, -0.05) is 13.0 Å². The van der Waals surface area contributed by atoms with Crippen molar-refractivity contribution in [2.75, 3.05) is 26.7 Å². The fraction of sp³-hybridized carbons (Fsp3) is 0.462. The summed E-state index contributed by atoms with van der Waals surface area (Å²) < 4.78 is 26.3. The van der Waals surface area contributed by atoms with Crippen LogP contribution in [-0.4, -0.2) is 41.0 Å². The molecule has 112 valence electrons. The van der Waals surface area contributed by atoms with Crippen LogP contribution in [0.25, 0.3) is 0 Å². The maximum absolute atomic E-state index is 12.0. The van der Waals surface area contributed by atoms with Gasteiger partial charge in [0.25, 0.3) is 5.91 Å². The summed E-state index contributed by atoms with van der Waals surface area (Å²) in [5, 5.41) is 5.66. The molecule has 7 heteroatoms. The van der Waals surface area contributed by atoms with Crippen molar-refractivity contribution in [1.82, 2.24) is 15.4 Å². The van der Waals surface area contributed by atoms with Crippen LogP contribution in [-0.2, 0) is 10.0 Å². The van der Waals surface area contributed by atoms with E-state index >= 15 is 0 Å². The first-order valence-corrected chi connectivity index (χ1v) is 7.93. The highest BCUT2D eigenvalue weighted by Gasteiger charge is 2.16. The summed E-state index contributed by atoms with van der Waals surface area (Å²) in [6.45, 7) is 4.92. The minimum Gasteiger partial charge on any atom is -0.351 e. The highest BCUT2D eigenvalue weighted by molar-refractivity contribution is 7.89. The van der Waals surface area contributed by atoms with Gasteiger partial charge in [0.15, 0.2) is 0 Å². The highest BCUT2D eigenvalue weighted by Crippen LogP contribution is 2.15. The van der Waals surface area contributed by atoms with Crippen LogP contribution in [0.4, 0.5) is 0 Å². The van der Waals surface area contributed by atoms with E-state index in [4.69, 9.17) is 0 Å². The lowest BCUT2D eigenvalue weighted by Gasteiger charge is -2.10. The van der Waals surface area contributed by atoms with Gasteiger partial charge in [0.05, 0.1) is 4.90 Å². The van der Waals surface area contributed by atoms with Gasteiger partial charge in [-0.2, -0.15) is 0 Å². The molecular formula is C13H21N3O3S. The van der Waals surface area contributed by atoms with Gasteiger partial charge in [-0.15, -0.1) is 0 Å². The molecular weight excluding hydrogens is 278 g/mol. The van der Waals surface area contributed by atoms with E-state index in [1.807, 2.05) is 0 Å². The number of aryl methyl sites for hydroxylation is 1. The Morgan fingerprint density at radius 2 is 1.95 bits per heavy atom. The number of hydrogen-bond acceptors (Lipinski definition) is 4. The molecule has 0 spiro atoms. The molecule has 0 aromatic heterocycles. The third-order valence-corrected chi connectivity index (χ3v) is 4.30. The van der Waals surface area contributed by atoms with Gasteiger partial charge < -0.3 is 10.6 Å². The van der Waals surface area contributed by atoms with E-state index in [1.165, 1.54) is 12.1 Å². The van der Waals surface area contributed by atoms with Gasteiger partial charge in [-0.25, -0.2) is 13.1 Å². The average Bonchev–Trinajstić information content (AvgIpc) is 2.39. The van der Waals surface area contributed by atoms with Crippen LogP contribution in [0.5, 0.6) is 0 Å². The molecule has 20 heavy (non-hydrogen) atoms. The summed E-state index contributed by atoms with van der Waals surface area (Å²) >= 11 is 0. The molecule has 0 saturated heterocycles. The van der Waals surface area contributed by atoms with Crippen molar-refractivity contribution in [2.24, 2.45) is 0 Å². The summed E-state index contributed by atoms with van der Waals surface area (Å²) in [4.78, 5) is 12.1. The van der Waals surface area contributed by atoms with Gasteiger partial charge in [0.1, 0.15) is 0 Å². The molecule has 1 aromatic carbocycles. The largest absolute Gasteiger partial charge is 0.351 e. The number of nitrogens with one attached hydrogen (secondary N) is 3. The maximum Gasteiger partial charge on any atom is 0.251 e. The third-order valence-electron chi connectivity index (χ3n) is 2.76. The topological polar surface area (TPSA) is 87.3 Å². The van der Waals surface area contributed by atoms with Crippen molar-refractivity contribution >= 4 is 15.9 Å². The van der Waals surface area contributed by atoms with E-state index in [0.29, 0.717) is 25.2 Å². The molecule has 0 atom stereocenters. The van der Waals surface area contributed by atoms with Crippen LogP contribution in [0.2, 0.25) is 0 Å². The molecule has 0 heterocycles. The third kappa shape index (κ3) is 4.29. The Morgan fingerprint density at radius 3 is 2.55 bits per heavy atom. The Hall–Kier alpha value is -1.44. The smallest absolute Gasteiger partial charge is 0.251 e. The second-order valence-electron chi connectivity index (χ2n) is 4.34. The Morgan fingerprint density at radius 1 is 1.25 bits per heavy atom. The quantitative estimate of drug-likeness (QED) is 0.630. The Labute approximate surface area is 120 Å². The number of benzene rings is 1. The van der Waals surface area contributed by atoms with Crippen molar-refractivity contribution in [3.05, 3.63) is 29.3 Å². The van der Waals surface area contributed by atoms with Crippen LogP contribution in [0.3, 0.4) is 0 Å². The SMILES string of the molecule is CCNS(=O)(=O)c1ccc(C)c(C(=O)NCCNC)c1. The zero-order valence-electron chi connectivity index (χ0n) is 12.0. The van der Waals surface area contributed by atoms with E-state index in [0.717, 1.165) is 5.56 Å². The van der Waals surface area contributed by atoms with E-state index in [2.05, 4.69) is 15.4 Å². The maximum atomic E-state index is 12.0. The number of likely N-dealkylation sites (N-methyl/N-ethyl adjacent to an activating group) is 1. The standard InChI is InChI=1S/C13H21N3O3S/c1-4-16-20(18,19)11-6-5-10(2)12(9-11)13(17)15-8-7-14-3/h5-6,9,14,16H,4,7-8H2,1-3H3,(H,15,17). The lowest BCUT2D eigenvalue weighted by molar-refractivity contribution is 0.0953. The molecule has 0 bridgehead atoms. The summed E-state index contributed by atoms with van der Waals surface area (Å²) in [5.41, 5.74) is 1.11. The van der Waals surface area contributed by atoms with Crippen molar-refractivity contribution in [1.29, 1.82) is 0 Å². The minimum atomic E-state index is -3.55. The molecule has 0 aliphatic heterocycles. The predicted molar refractivity (Wildman–Crippen MR) is 78.3 cm³/mol. The minimum absolute atomic E-state index is 0.101. The monoisotopic (exact) mass is 299 g/mol. The second kappa shape index (κ2) is 7.37. The zero-order chi connectivity index (χ0) is 15.2. The first kappa shape index (κ1) is 16.6.